The number of carboxylic acids is 1. The Kier molecular flexibility index (Phi) is 4.84. The van der Waals surface area contributed by atoms with Crippen molar-refractivity contribution in [3.05, 3.63) is 50.3 Å². The predicted molar refractivity (Wildman–Crippen MR) is 85.4 cm³/mol. The van der Waals surface area contributed by atoms with Gasteiger partial charge in [-0.3, -0.25) is 14.2 Å². The zero-order valence-electron chi connectivity index (χ0n) is 11.5. The number of halogens is 1. The molecular formula is C14H13BrN2O3S. The summed E-state index contributed by atoms with van der Waals surface area (Å²) in [4.78, 5) is 26.1. The fourth-order valence-electron chi connectivity index (χ4n) is 2.07. The zero-order valence-corrected chi connectivity index (χ0v) is 13.9. The maximum atomic E-state index is 11.4. The summed E-state index contributed by atoms with van der Waals surface area (Å²) < 4.78 is 2.72. The molecule has 0 saturated carbocycles. The van der Waals surface area contributed by atoms with Gasteiger partial charge in [0.05, 0.1) is 11.4 Å². The lowest BCUT2D eigenvalue weighted by molar-refractivity contribution is -0.133. The van der Waals surface area contributed by atoms with Crippen LogP contribution in [0.4, 0.5) is 0 Å². The van der Waals surface area contributed by atoms with Gasteiger partial charge < -0.3 is 5.11 Å². The van der Waals surface area contributed by atoms with Gasteiger partial charge in [0.1, 0.15) is 0 Å². The van der Waals surface area contributed by atoms with E-state index in [1.54, 1.807) is 10.8 Å². The van der Waals surface area contributed by atoms with Crippen LogP contribution in [0.1, 0.15) is 11.1 Å². The highest BCUT2D eigenvalue weighted by atomic mass is 79.9. The third-order valence-electron chi connectivity index (χ3n) is 2.80. The van der Waals surface area contributed by atoms with Gasteiger partial charge in [0.25, 0.3) is 5.56 Å². The Morgan fingerprint density at radius 1 is 1.38 bits per heavy atom. The van der Waals surface area contributed by atoms with Gasteiger partial charge in [0.2, 0.25) is 0 Å². The average molecular weight is 369 g/mol. The summed E-state index contributed by atoms with van der Waals surface area (Å²) in [6.45, 7) is 3.91. The second kappa shape index (κ2) is 6.44. The SMILES string of the molecule is Cc1cc(Br)cc(C)c1-n1ccc(=O)nc1SCC(=O)O. The van der Waals surface area contributed by atoms with Crippen molar-refractivity contribution in [2.24, 2.45) is 0 Å². The predicted octanol–water partition coefficient (Wildman–Crippen LogP) is 2.79. The molecule has 0 amide bonds. The maximum Gasteiger partial charge on any atom is 0.313 e. The Hall–Kier alpha value is -1.60. The highest BCUT2D eigenvalue weighted by molar-refractivity contribution is 9.10. The van der Waals surface area contributed by atoms with E-state index in [2.05, 4.69) is 20.9 Å². The number of nitrogens with zero attached hydrogens (tertiary/aromatic N) is 2. The molecule has 0 aliphatic heterocycles. The molecule has 1 heterocycles. The molecule has 0 radical (unpaired) electrons. The first-order chi connectivity index (χ1) is 9.88. The standard InChI is InChI=1S/C14H13BrN2O3S/c1-8-5-10(15)6-9(2)13(8)17-4-3-11(18)16-14(17)21-7-12(19)20/h3-6H,7H2,1-2H3,(H,19,20). The Balaban J connectivity index is 2.58. The smallest absolute Gasteiger partial charge is 0.313 e. The molecule has 0 saturated heterocycles. The van der Waals surface area contributed by atoms with E-state index >= 15 is 0 Å². The molecule has 1 N–H and O–H groups in total. The van der Waals surface area contributed by atoms with E-state index in [4.69, 9.17) is 5.11 Å². The van der Waals surface area contributed by atoms with Gasteiger partial charge >= 0.3 is 5.97 Å². The molecule has 0 bridgehead atoms. The molecule has 0 aliphatic rings. The van der Waals surface area contributed by atoms with Crippen LogP contribution < -0.4 is 5.56 Å². The number of rotatable bonds is 4. The van der Waals surface area contributed by atoms with Crippen LogP contribution >= 0.6 is 27.7 Å². The minimum absolute atomic E-state index is 0.148. The molecule has 2 rings (SSSR count). The minimum Gasteiger partial charge on any atom is -0.481 e. The van der Waals surface area contributed by atoms with Gasteiger partial charge in [0, 0.05) is 16.7 Å². The number of aliphatic carboxylic acids is 1. The van der Waals surface area contributed by atoms with E-state index in [0.717, 1.165) is 33.0 Å². The summed E-state index contributed by atoms with van der Waals surface area (Å²) in [6.07, 6.45) is 1.63. The van der Waals surface area contributed by atoms with Crippen molar-refractivity contribution in [2.75, 3.05) is 5.75 Å². The second-order valence-electron chi connectivity index (χ2n) is 4.49. The van der Waals surface area contributed by atoms with Gasteiger partial charge in [-0.25, -0.2) is 0 Å². The first-order valence-electron chi connectivity index (χ1n) is 6.10. The van der Waals surface area contributed by atoms with Crippen LogP contribution in [0.15, 0.2) is 38.8 Å². The fourth-order valence-corrected chi connectivity index (χ4v) is 3.45. The van der Waals surface area contributed by atoms with Crippen molar-refractivity contribution >= 4 is 33.7 Å². The summed E-state index contributed by atoms with van der Waals surface area (Å²) in [5.74, 6) is -1.10. The number of hydrogen-bond donors (Lipinski definition) is 1. The largest absolute Gasteiger partial charge is 0.481 e. The molecule has 1 aromatic heterocycles. The van der Waals surface area contributed by atoms with Crippen LogP contribution in [0.5, 0.6) is 0 Å². The number of carbonyl (C=O) groups is 1. The summed E-state index contributed by atoms with van der Waals surface area (Å²) in [5.41, 5.74) is 2.53. The van der Waals surface area contributed by atoms with Crippen LogP contribution in [0.3, 0.4) is 0 Å². The van der Waals surface area contributed by atoms with Gasteiger partial charge in [-0.05, 0) is 37.1 Å². The normalized spacial score (nSPS) is 10.6. The molecular weight excluding hydrogens is 356 g/mol. The molecule has 0 atom stereocenters. The van der Waals surface area contributed by atoms with Crippen LogP contribution in [-0.4, -0.2) is 26.4 Å². The van der Waals surface area contributed by atoms with E-state index in [-0.39, 0.29) is 11.3 Å². The van der Waals surface area contributed by atoms with Crippen molar-refractivity contribution in [1.29, 1.82) is 0 Å². The lowest BCUT2D eigenvalue weighted by atomic mass is 10.1. The molecule has 110 valence electrons. The van der Waals surface area contributed by atoms with Gasteiger partial charge in [-0.15, -0.1) is 0 Å². The summed E-state index contributed by atoms with van der Waals surface area (Å²) in [6, 6.07) is 5.30. The highest BCUT2D eigenvalue weighted by Gasteiger charge is 2.12. The van der Waals surface area contributed by atoms with Gasteiger partial charge in [-0.1, -0.05) is 27.7 Å². The Labute approximate surface area is 134 Å². The van der Waals surface area contributed by atoms with Crippen molar-refractivity contribution in [2.45, 2.75) is 19.0 Å². The quantitative estimate of drug-likeness (QED) is 0.663. The maximum absolute atomic E-state index is 11.4. The van der Waals surface area contributed by atoms with Gasteiger partial charge in [-0.2, -0.15) is 4.98 Å². The van der Waals surface area contributed by atoms with Gasteiger partial charge in [0.15, 0.2) is 5.16 Å². The molecule has 0 spiro atoms. The first kappa shape index (κ1) is 15.8. The van der Waals surface area contributed by atoms with Crippen molar-refractivity contribution < 1.29 is 9.90 Å². The number of thioether (sulfide) groups is 1. The molecule has 1 aromatic carbocycles. The van der Waals surface area contributed by atoms with Crippen LogP contribution in [0.2, 0.25) is 0 Å². The molecule has 2 aromatic rings. The monoisotopic (exact) mass is 368 g/mol. The number of benzene rings is 1. The summed E-state index contributed by atoms with van der Waals surface area (Å²) in [7, 11) is 0. The Morgan fingerprint density at radius 2 is 2.00 bits per heavy atom. The topological polar surface area (TPSA) is 72.2 Å². The zero-order chi connectivity index (χ0) is 15.6. The van der Waals surface area contributed by atoms with Crippen LogP contribution in [0.25, 0.3) is 5.69 Å². The molecule has 0 fully saturated rings. The van der Waals surface area contributed by atoms with Crippen LogP contribution in [-0.2, 0) is 4.79 Å². The first-order valence-corrected chi connectivity index (χ1v) is 7.88. The molecule has 7 heteroatoms. The number of hydrogen-bond acceptors (Lipinski definition) is 4. The fraction of sp³-hybridized carbons (Fsp3) is 0.214. The van der Waals surface area contributed by atoms with E-state index in [0.29, 0.717) is 5.16 Å². The highest BCUT2D eigenvalue weighted by Crippen LogP contribution is 2.27. The lowest BCUT2D eigenvalue weighted by Gasteiger charge is -2.16. The Bertz CT molecular complexity index is 735. The van der Waals surface area contributed by atoms with Crippen molar-refractivity contribution in [1.82, 2.24) is 9.55 Å². The third kappa shape index (κ3) is 3.74. The molecule has 0 unspecified atom stereocenters. The second-order valence-corrected chi connectivity index (χ2v) is 6.35. The summed E-state index contributed by atoms with van der Waals surface area (Å²) in [5, 5.41) is 9.18. The molecule has 0 aliphatic carbocycles. The molecule has 5 nitrogen and oxygen atoms in total. The van der Waals surface area contributed by atoms with E-state index in [9.17, 15) is 9.59 Å². The minimum atomic E-state index is -0.950. The number of aromatic nitrogens is 2. The summed E-state index contributed by atoms with van der Waals surface area (Å²) >= 11 is 4.47. The number of carboxylic acid groups (broad SMARTS) is 1. The Morgan fingerprint density at radius 3 is 2.57 bits per heavy atom. The third-order valence-corrected chi connectivity index (χ3v) is 4.19. The average Bonchev–Trinajstić information content (AvgIpc) is 2.37. The van der Waals surface area contributed by atoms with Crippen molar-refractivity contribution in [3.63, 3.8) is 0 Å². The van der Waals surface area contributed by atoms with E-state index in [1.807, 2.05) is 26.0 Å². The molecule has 21 heavy (non-hydrogen) atoms. The van der Waals surface area contributed by atoms with Crippen LogP contribution in [0, 0.1) is 13.8 Å². The van der Waals surface area contributed by atoms with E-state index in [1.165, 1.54) is 6.07 Å². The number of aryl methyl sites for hydroxylation is 2. The van der Waals surface area contributed by atoms with E-state index < -0.39 is 5.97 Å². The van der Waals surface area contributed by atoms with Crippen molar-refractivity contribution in [3.8, 4) is 5.69 Å². The lowest BCUT2D eigenvalue weighted by Crippen LogP contribution is -2.14.